The highest BCUT2D eigenvalue weighted by atomic mass is 32.2. The molecule has 3 rings (SSSR count). The van der Waals surface area contributed by atoms with Crippen molar-refractivity contribution in [2.45, 2.75) is 37.5 Å². The van der Waals surface area contributed by atoms with Crippen molar-refractivity contribution >= 4 is 21.6 Å². The van der Waals surface area contributed by atoms with Gasteiger partial charge in [-0.25, -0.2) is 8.42 Å². The summed E-state index contributed by atoms with van der Waals surface area (Å²) < 4.78 is 38.0. The first-order chi connectivity index (χ1) is 14.8. The van der Waals surface area contributed by atoms with E-state index >= 15 is 0 Å². The molecule has 168 valence electrons. The van der Waals surface area contributed by atoms with E-state index in [-0.39, 0.29) is 11.8 Å². The Bertz CT molecular complexity index is 1010. The van der Waals surface area contributed by atoms with Crippen LogP contribution in [0.5, 0.6) is 11.5 Å². The quantitative estimate of drug-likeness (QED) is 0.698. The third-order valence-corrected chi connectivity index (χ3v) is 7.59. The van der Waals surface area contributed by atoms with Crippen LogP contribution in [-0.4, -0.2) is 45.9 Å². The molecule has 2 aromatic carbocycles. The van der Waals surface area contributed by atoms with Crippen LogP contribution in [0.1, 0.15) is 38.2 Å². The Kier molecular flexibility index (Phi) is 7.23. The molecule has 2 aromatic rings. The summed E-state index contributed by atoms with van der Waals surface area (Å²) in [5, 5.41) is 2.90. The molecule has 1 saturated heterocycles. The standard InChI is InChI=1S/C23H30N2O5S/c1-16(2)17-5-8-20(9-6-17)31(27,28)25-13-11-18(12-14-25)23(26)24-21-15-19(29-3)7-10-22(21)30-4/h5-10,15-16,18H,11-14H2,1-4H3,(H,24,26). The highest BCUT2D eigenvalue weighted by molar-refractivity contribution is 7.89. The van der Waals surface area contributed by atoms with Crippen LogP contribution in [0.4, 0.5) is 5.69 Å². The number of benzene rings is 2. The number of sulfonamides is 1. The normalized spacial score (nSPS) is 15.6. The molecule has 0 radical (unpaired) electrons. The molecule has 8 heteroatoms. The number of carbonyl (C=O) groups excluding carboxylic acids is 1. The SMILES string of the molecule is COc1ccc(OC)c(NC(=O)C2CCN(S(=O)(=O)c3ccc(C(C)C)cc3)CC2)c1. The predicted molar refractivity (Wildman–Crippen MR) is 120 cm³/mol. The summed E-state index contributed by atoms with van der Waals surface area (Å²) in [6.45, 7) is 4.75. The maximum Gasteiger partial charge on any atom is 0.243 e. The van der Waals surface area contributed by atoms with Crippen molar-refractivity contribution in [1.29, 1.82) is 0 Å². The Labute approximate surface area is 184 Å². The van der Waals surface area contributed by atoms with Crippen LogP contribution in [0.15, 0.2) is 47.4 Å². The van der Waals surface area contributed by atoms with Crippen LogP contribution in [-0.2, 0) is 14.8 Å². The van der Waals surface area contributed by atoms with E-state index in [2.05, 4.69) is 19.2 Å². The first-order valence-electron chi connectivity index (χ1n) is 10.4. The summed E-state index contributed by atoms with van der Waals surface area (Å²) in [5.41, 5.74) is 1.63. The lowest BCUT2D eigenvalue weighted by molar-refractivity contribution is -0.120. The average Bonchev–Trinajstić information content (AvgIpc) is 2.79. The van der Waals surface area contributed by atoms with Crippen LogP contribution in [0.25, 0.3) is 0 Å². The fourth-order valence-electron chi connectivity index (χ4n) is 3.68. The van der Waals surface area contributed by atoms with Gasteiger partial charge in [0.05, 0.1) is 24.8 Å². The number of carbonyl (C=O) groups is 1. The number of hydrogen-bond acceptors (Lipinski definition) is 5. The number of rotatable bonds is 7. The lowest BCUT2D eigenvalue weighted by atomic mass is 9.97. The lowest BCUT2D eigenvalue weighted by Gasteiger charge is -2.30. The fourth-order valence-corrected chi connectivity index (χ4v) is 5.15. The summed E-state index contributed by atoms with van der Waals surface area (Å²) >= 11 is 0. The first-order valence-corrected chi connectivity index (χ1v) is 11.8. The maximum absolute atomic E-state index is 13.0. The van der Waals surface area contributed by atoms with E-state index in [1.807, 2.05) is 12.1 Å². The fraction of sp³-hybridized carbons (Fsp3) is 0.435. The maximum atomic E-state index is 13.0. The predicted octanol–water partition coefficient (Wildman–Crippen LogP) is 3.87. The van der Waals surface area contributed by atoms with Gasteiger partial charge in [-0.15, -0.1) is 0 Å². The van der Waals surface area contributed by atoms with E-state index in [0.717, 1.165) is 5.56 Å². The Morgan fingerprint density at radius 2 is 1.68 bits per heavy atom. The van der Waals surface area contributed by atoms with Crippen LogP contribution in [0.3, 0.4) is 0 Å². The van der Waals surface area contributed by atoms with E-state index in [9.17, 15) is 13.2 Å². The summed E-state index contributed by atoms with van der Waals surface area (Å²) in [6.07, 6.45) is 0.919. The smallest absolute Gasteiger partial charge is 0.243 e. The van der Waals surface area contributed by atoms with E-state index in [4.69, 9.17) is 9.47 Å². The number of nitrogens with zero attached hydrogens (tertiary/aromatic N) is 1. The second-order valence-corrected chi connectivity index (χ2v) is 9.90. The van der Waals surface area contributed by atoms with Gasteiger partial charge in [0.1, 0.15) is 11.5 Å². The molecule has 31 heavy (non-hydrogen) atoms. The number of piperidine rings is 1. The minimum Gasteiger partial charge on any atom is -0.497 e. The van der Waals surface area contributed by atoms with Gasteiger partial charge in [-0.1, -0.05) is 26.0 Å². The van der Waals surface area contributed by atoms with Gasteiger partial charge >= 0.3 is 0 Å². The van der Waals surface area contributed by atoms with Crippen molar-refractivity contribution in [3.8, 4) is 11.5 Å². The van der Waals surface area contributed by atoms with Crippen LogP contribution in [0.2, 0.25) is 0 Å². The van der Waals surface area contributed by atoms with E-state index in [1.54, 1.807) is 37.4 Å². The molecule has 7 nitrogen and oxygen atoms in total. The Hall–Kier alpha value is -2.58. The molecule has 0 aliphatic carbocycles. The van der Waals surface area contributed by atoms with Crippen molar-refractivity contribution in [1.82, 2.24) is 4.31 Å². The van der Waals surface area contributed by atoms with Gasteiger partial charge in [0.2, 0.25) is 15.9 Å². The van der Waals surface area contributed by atoms with Gasteiger partial charge in [0.25, 0.3) is 0 Å². The molecule has 0 aromatic heterocycles. The highest BCUT2D eigenvalue weighted by Gasteiger charge is 2.32. The summed E-state index contributed by atoms with van der Waals surface area (Å²) in [4.78, 5) is 13.1. The molecule has 0 spiro atoms. The average molecular weight is 447 g/mol. The molecule has 1 N–H and O–H groups in total. The number of nitrogens with one attached hydrogen (secondary N) is 1. The molecule has 1 aliphatic heterocycles. The van der Waals surface area contributed by atoms with Gasteiger partial charge in [-0.2, -0.15) is 4.31 Å². The molecule has 1 fully saturated rings. The van der Waals surface area contributed by atoms with E-state index in [0.29, 0.717) is 53.9 Å². The topological polar surface area (TPSA) is 84.9 Å². The zero-order valence-electron chi connectivity index (χ0n) is 18.4. The molecule has 0 bridgehead atoms. The molecule has 1 aliphatic rings. The molecule has 0 unspecified atom stereocenters. The molecule has 1 amide bonds. The second-order valence-electron chi connectivity index (χ2n) is 7.96. The third kappa shape index (κ3) is 5.19. The largest absolute Gasteiger partial charge is 0.497 e. The third-order valence-electron chi connectivity index (χ3n) is 5.67. The minimum atomic E-state index is -3.57. The number of amides is 1. The zero-order valence-corrected chi connectivity index (χ0v) is 19.2. The van der Waals surface area contributed by atoms with Crippen LogP contribution >= 0.6 is 0 Å². The van der Waals surface area contributed by atoms with Gasteiger partial charge in [-0.3, -0.25) is 4.79 Å². The zero-order chi connectivity index (χ0) is 22.6. The number of anilines is 1. The van der Waals surface area contributed by atoms with Crippen molar-refractivity contribution in [2.24, 2.45) is 5.92 Å². The van der Waals surface area contributed by atoms with Crippen molar-refractivity contribution < 1.29 is 22.7 Å². The van der Waals surface area contributed by atoms with Crippen molar-refractivity contribution in [3.05, 3.63) is 48.0 Å². The van der Waals surface area contributed by atoms with Crippen LogP contribution < -0.4 is 14.8 Å². The molecular weight excluding hydrogens is 416 g/mol. The lowest BCUT2D eigenvalue weighted by Crippen LogP contribution is -2.41. The molecule has 0 atom stereocenters. The van der Waals surface area contributed by atoms with Crippen LogP contribution in [0, 0.1) is 5.92 Å². The first kappa shape index (κ1) is 23.1. The van der Waals surface area contributed by atoms with Gasteiger partial charge in [-0.05, 0) is 48.6 Å². The summed E-state index contributed by atoms with van der Waals surface area (Å²) in [7, 11) is -0.475. The van der Waals surface area contributed by atoms with Gasteiger partial charge < -0.3 is 14.8 Å². The number of ether oxygens (including phenoxy) is 2. The van der Waals surface area contributed by atoms with Crippen molar-refractivity contribution in [3.63, 3.8) is 0 Å². The Balaban J connectivity index is 1.64. The second kappa shape index (κ2) is 9.70. The van der Waals surface area contributed by atoms with Gasteiger partial charge in [0, 0.05) is 25.1 Å². The monoisotopic (exact) mass is 446 g/mol. The van der Waals surface area contributed by atoms with Crippen molar-refractivity contribution in [2.75, 3.05) is 32.6 Å². The van der Waals surface area contributed by atoms with E-state index in [1.165, 1.54) is 11.4 Å². The summed E-state index contributed by atoms with van der Waals surface area (Å²) in [5.74, 6) is 1.07. The number of hydrogen-bond donors (Lipinski definition) is 1. The van der Waals surface area contributed by atoms with E-state index < -0.39 is 10.0 Å². The highest BCUT2D eigenvalue weighted by Crippen LogP contribution is 2.31. The molecule has 0 saturated carbocycles. The molecule has 1 heterocycles. The Morgan fingerprint density at radius 1 is 1.03 bits per heavy atom. The number of methoxy groups -OCH3 is 2. The minimum absolute atomic E-state index is 0.148. The Morgan fingerprint density at radius 3 is 2.23 bits per heavy atom. The molecular formula is C23H30N2O5S. The summed E-state index contributed by atoms with van der Waals surface area (Å²) in [6, 6.07) is 12.2. The van der Waals surface area contributed by atoms with Gasteiger partial charge in [0.15, 0.2) is 0 Å².